The molecule has 18 heteroatoms. The molecule has 1 aliphatic carbocycles. The first kappa shape index (κ1) is 31.8. The Kier molecular flexibility index (Phi) is 9.29. The fourth-order valence-corrected chi connectivity index (χ4v) is 6.54. The van der Waals surface area contributed by atoms with Gasteiger partial charge < -0.3 is 19.3 Å². The molecule has 2 aliphatic rings. The molecule has 2 heterocycles. The van der Waals surface area contributed by atoms with Crippen molar-refractivity contribution in [2.24, 2.45) is 0 Å². The molecule has 1 fully saturated rings. The molecule has 0 bridgehead atoms. The number of aliphatic hydroxyl groups is 1. The predicted octanol–water partition coefficient (Wildman–Crippen LogP) is 2.54. The van der Waals surface area contributed by atoms with Crippen LogP contribution in [0.5, 0.6) is 11.6 Å². The number of benzene rings is 1. The van der Waals surface area contributed by atoms with Crippen LogP contribution in [0.4, 0.5) is 29.3 Å². The van der Waals surface area contributed by atoms with Gasteiger partial charge >= 0.3 is 12.3 Å². The van der Waals surface area contributed by atoms with E-state index in [0.29, 0.717) is 20.4 Å². The third kappa shape index (κ3) is 7.09. The van der Waals surface area contributed by atoms with Crippen LogP contribution >= 0.6 is 0 Å². The van der Waals surface area contributed by atoms with Gasteiger partial charge in [0.1, 0.15) is 18.5 Å². The molecule has 1 unspecified atom stereocenters. The number of aromatic nitrogens is 2. The smallest absolute Gasteiger partial charge is 0.427 e. The molecule has 1 aromatic carbocycles. The van der Waals surface area contributed by atoms with Crippen molar-refractivity contribution in [2.45, 2.75) is 68.2 Å². The molecule has 0 saturated heterocycles. The van der Waals surface area contributed by atoms with Gasteiger partial charge in [0, 0.05) is 30.2 Å². The van der Waals surface area contributed by atoms with E-state index in [1.807, 2.05) is 0 Å². The van der Waals surface area contributed by atoms with Crippen molar-refractivity contribution < 1.29 is 49.9 Å². The lowest BCUT2D eigenvalue weighted by atomic mass is 10.1. The van der Waals surface area contributed by atoms with E-state index < -0.39 is 45.0 Å². The average molecular weight is 640 g/mol. The minimum absolute atomic E-state index is 0.0280. The summed E-state index contributed by atoms with van der Waals surface area (Å²) < 4.78 is 101. The van der Waals surface area contributed by atoms with Crippen LogP contribution in [0.3, 0.4) is 0 Å². The molecule has 2 atom stereocenters. The number of ether oxygens (including phenoxy) is 3. The van der Waals surface area contributed by atoms with Crippen LogP contribution in [0, 0.1) is 0 Å². The molecular weight excluding hydrogens is 607 g/mol. The van der Waals surface area contributed by atoms with Gasteiger partial charge in [0.25, 0.3) is 15.9 Å². The van der Waals surface area contributed by atoms with E-state index >= 15 is 0 Å². The van der Waals surface area contributed by atoms with Crippen LogP contribution in [0.2, 0.25) is 0 Å². The van der Waals surface area contributed by atoms with E-state index in [1.54, 1.807) is 6.92 Å². The van der Waals surface area contributed by atoms with Crippen LogP contribution in [-0.2, 0) is 32.3 Å². The molecule has 1 amide bonds. The topological polar surface area (TPSA) is 161 Å². The molecule has 234 valence electrons. The summed E-state index contributed by atoms with van der Waals surface area (Å²) in [5.74, 6) is -0.153. The van der Waals surface area contributed by atoms with Gasteiger partial charge in [-0.2, -0.15) is 13.2 Å². The van der Waals surface area contributed by atoms with Crippen molar-refractivity contribution in [3.63, 3.8) is 0 Å². The minimum atomic E-state index is -4.83. The standard InChI is InChI=1S/C24H32F3N5O8S2/c1-4-31-14-20(21(30-31)38-10-9-33)42(36,37)32-13-16(12-28-41(35)17-6-7-17)39-19-8-5-15(11-18(19)32)29-22(34)40-23(2,3)24(25,26)27/h5,8,11,14,16-17,28,33H,4,6-7,9-10,12-13H2,1-3H3,(H,29,34)/t16-,41?/m0/s1. The first-order valence-corrected chi connectivity index (χ1v) is 15.7. The second-order valence-corrected chi connectivity index (χ2v) is 13.4. The minimum Gasteiger partial charge on any atom is -0.485 e. The van der Waals surface area contributed by atoms with E-state index in [4.69, 9.17) is 9.47 Å². The molecular formula is C24H32F3N5O8S2. The van der Waals surface area contributed by atoms with Crippen molar-refractivity contribution in [2.75, 3.05) is 35.9 Å². The van der Waals surface area contributed by atoms with E-state index in [1.165, 1.54) is 29.1 Å². The van der Waals surface area contributed by atoms with Crippen molar-refractivity contribution in [1.29, 1.82) is 0 Å². The van der Waals surface area contributed by atoms with Crippen LogP contribution in [0.25, 0.3) is 0 Å². The Bertz CT molecular complexity index is 1430. The molecule has 1 aromatic heterocycles. The second-order valence-electron chi connectivity index (χ2n) is 10.1. The van der Waals surface area contributed by atoms with Gasteiger partial charge in [0.05, 0.1) is 29.8 Å². The Morgan fingerprint density at radius 3 is 2.62 bits per heavy atom. The third-order valence-corrected chi connectivity index (χ3v) is 9.66. The molecule has 13 nitrogen and oxygen atoms in total. The normalized spacial score (nSPS) is 18.2. The number of sulfonamides is 1. The number of aliphatic hydroxyl groups excluding tert-OH is 1. The van der Waals surface area contributed by atoms with Crippen molar-refractivity contribution in [3.05, 3.63) is 24.4 Å². The van der Waals surface area contributed by atoms with Gasteiger partial charge in [-0.15, -0.1) is 5.10 Å². The van der Waals surface area contributed by atoms with Gasteiger partial charge in [-0.1, -0.05) is 0 Å². The highest BCUT2D eigenvalue weighted by Gasteiger charge is 2.51. The first-order chi connectivity index (χ1) is 19.7. The number of alkyl halides is 3. The number of hydrogen-bond acceptors (Lipinski definition) is 9. The zero-order valence-corrected chi connectivity index (χ0v) is 24.6. The number of anilines is 2. The maximum atomic E-state index is 14.1. The van der Waals surface area contributed by atoms with Crippen LogP contribution in [-0.4, -0.2) is 83.0 Å². The SMILES string of the molecule is CCn1cc(S(=O)(=O)N2C[C@H](CNS(=O)C3CC3)Oc3ccc(NC(=O)OC(C)(C)C(F)(F)F)cc32)c(OCCO)n1. The lowest BCUT2D eigenvalue weighted by molar-refractivity contribution is -0.242. The highest BCUT2D eigenvalue weighted by atomic mass is 32.2. The monoisotopic (exact) mass is 639 g/mol. The number of carbonyl (C=O) groups excluding carboxylic acids is 1. The van der Waals surface area contributed by atoms with E-state index in [9.17, 15) is 35.7 Å². The van der Waals surface area contributed by atoms with Gasteiger partial charge in [0.15, 0.2) is 4.90 Å². The zero-order valence-electron chi connectivity index (χ0n) is 23.0. The lowest BCUT2D eigenvalue weighted by Crippen LogP contribution is -2.48. The summed E-state index contributed by atoms with van der Waals surface area (Å²) in [5, 5.41) is 15.5. The number of fused-ring (bicyclic) bond motifs is 1. The van der Waals surface area contributed by atoms with Gasteiger partial charge in [-0.25, -0.2) is 22.1 Å². The highest BCUT2D eigenvalue weighted by Crippen LogP contribution is 2.41. The maximum Gasteiger partial charge on any atom is 0.427 e. The molecule has 42 heavy (non-hydrogen) atoms. The summed E-state index contributed by atoms with van der Waals surface area (Å²) in [5.41, 5.74) is -2.87. The van der Waals surface area contributed by atoms with Crippen LogP contribution < -0.4 is 23.8 Å². The van der Waals surface area contributed by atoms with Gasteiger partial charge in [-0.05, 0) is 51.8 Å². The summed E-state index contributed by atoms with van der Waals surface area (Å²) in [7, 11) is -5.74. The van der Waals surface area contributed by atoms with Gasteiger partial charge in [0.2, 0.25) is 5.60 Å². The summed E-state index contributed by atoms with van der Waals surface area (Å²) in [6.07, 6.45) is -4.10. The number of amides is 1. The quantitative estimate of drug-likeness (QED) is 0.317. The number of nitrogens with one attached hydrogen (secondary N) is 2. The number of halogens is 3. The Hall–Kier alpha value is -3.09. The summed E-state index contributed by atoms with van der Waals surface area (Å²) >= 11 is 0. The molecule has 0 radical (unpaired) electrons. The van der Waals surface area contributed by atoms with E-state index in [2.05, 4.69) is 19.9 Å². The predicted molar refractivity (Wildman–Crippen MR) is 145 cm³/mol. The summed E-state index contributed by atoms with van der Waals surface area (Å²) in [6.45, 7) is 2.63. The third-order valence-electron chi connectivity index (χ3n) is 6.37. The van der Waals surface area contributed by atoms with Gasteiger partial charge in [-0.3, -0.25) is 14.3 Å². The Morgan fingerprint density at radius 1 is 1.29 bits per heavy atom. The number of rotatable bonds is 12. The number of aryl methyl sites for hydroxylation is 1. The second kappa shape index (κ2) is 12.3. The largest absolute Gasteiger partial charge is 0.485 e. The Morgan fingerprint density at radius 2 is 2.00 bits per heavy atom. The first-order valence-electron chi connectivity index (χ1n) is 13.0. The molecule has 2 aromatic rings. The summed E-state index contributed by atoms with van der Waals surface area (Å²) in [4.78, 5) is 12.0. The summed E-state index contributed by atoms with van der Waals surface area (Å²) in [6, 6.07) is 3.89. The molecule has 1 aliphatic heterocycles. The highest BCUT2D eigenvalue weighted by molar-refractivity contribution is 7.93. The van der Waals surface area contributed by atoms with Crippen LogP contribution in [0.1, 0.15) is 33.6 Å². The molecule has 4 rings (SSSR count). The van der Waals surface area contributed by atoms with Crippen molar-refractivity contribution in [3.8, 4) is 11.6 Å². The molecule has 3 N–H and O–H groups in total. The van der Waals surface area contributed by atoms with E-state index in [0.717, 1.165) is 17.1 Å². The lowest BCUT2D eigenvalue weighted by Gasteiger charge is -2.35. The van der Waals surface area contributed by atoms with Crippen LogP contribution in [0.15, 0.2) is 29.3 Å². The Labute approximate surface area is 242 Å². The number of nitrogens with zero attached hydrogens (tertiary/aromatic N) is 3. The average Bonchev–Trinajstić information content (AvgIpc) is 3.68. The fourth-order valence-electron chi connectivity index (χ4n) is 3.82. The molecule has 1 saturated carbocycles. The van der Waals surface area contributed by atoms with Crippen molar-refractivity contribution >= 4 is 38.5 Å². The zero-order chi connectivity index (χ0) is 30.9. The van der Waals surface area contributed by atoms with E-state index in [-0.39, 0.29) is 59.5 Å². The number of hydrogen-bond donors (Lipinski definition) is 3. The number of carbonyl (C=O) groups is 1. The fraction of sp³-hybridized carbons (Fsp3) is 0.583. The van der Waals surface area contributed by atoms with Crippen molar-refractivity contribution in [1.82, 2.24) is 14.5 Å². The Balaban J connectivity index is 1.67. The molecule has 0 spiro atoms. The maximum absolute atomic E-state index is 14.1.